The summed E-state index contributed by atoms with van der Waals surface area (Å²) in [4.78, 5) is 2.60. The Morgan fingerprint density at radius 1 is 1.00 bits per heavy atom. The molecule has 0 aromatic heterocycles. The lowest BCUT2D eigenvalue weighted by molar-refractivity contribution is -0.182. The van der Waals surface area contributed by atoms with Crippen molar-refractivity contribution in [3.05, 3.63) is 0 Å². The quantitative estimate of drug-likeness (QED) is 0.731. The molecule has 0 aromatic carbocycles. The zero-order chi connectivity index (χ0) is 14.4. The van der Waals surface area contributed by atoms with E-state index in [1.165, 1.54) is 71.2 Å². The molecule has 1 aliphatic carbocycles. The van der Waals surface area contributed by atoms with Crippen LogP contribution in [0.2, 0.25) is 0 Å². The minimum absolute atomic E-state index is 0.181. The van der Waals surface area contributed by atoms with Crippen LogP contribution in [0.5, 0.6) is 0 Å². The molecule has 2 heterocycles. The number of ether oxygens (including phenoxy) is 2. The molecule has 1 saturated carbocycles. The van der Waals surface area contributed by atoms with E-state index in [1.54, 1.807) is 0 Å². The zero-order valence-electron chi connectivity index (χ0n) is 13.4. The summed E-state index contributed by atoms with van der Waals surface area (Å²) in [7, 11) is 0. The molecule has 3 fully saturated rings. The van der Waals surface area contributed by atoms with E-state index in [1.807, 2.05) is 0 Å². The van der Waals surface area contributed by atoms with Crippen LogP contribution in [0.4, 0.5) is 0 Å². The van der Waals surface area contributed by atoms with E-state index in [2.05, 4.69) is 10.2 Å². The van der Waals surface area contributed by atoms with Gasteiger partial charge in [-0.05, 0) is 77.2 Å². The third-order valence-corrected chi connectivity index (χ3v) is 5.44. The number of hydrogen-bond donors (Lipinski definition) is 1. The van der Waals surface area contributed by atoms with Gasteiger partial charge in [-0.15, -0.1) is 0 Å². The van der Waals surface area contributed by atoms with Crippen molar-refractivity contribution in [3.8, 4) is 0 Å². The van der Waals surface area contributed by atoms with E-state index in [0.717, 1.165) is 32.0 Å². The normalized spacial score (nSPS) is 26.9. The molecule has 1 N–H and O–H groups in total. The number of likely N-dealkylation sites (tertiary alicyclic amines) is 1. The summed E-state index contributed by atoms with van der Waals surface area (Å²) in [6, 6.07) is 0. The highest BCUT2D eigenvalue weighted by Crippen LogP contribution is 2.39. The SMILES string of the molecule is C1CCN(CCCNCCC2CCC3(CC2)OCCO3)C1. The van der Waals surface area contributed by atoms with Gasteiger partial charge in [-0.2, -0.15) is 0 Å². The van der Waals surface area contributed by atoms with Gasteiger partial charge in [0.25, 0.3) is 0 Å². The van der Waals surface area contributed by atoms with Gasteiger partial charge in [0.2, 0.25) is 0 Å². The number of nitrogens with one attached hydrogen (secondary N) is 1. The molecule has 1 spiro atoms. The number of hydrogen-bond acceptors (Lipinski definition) is 4. The van der Waals surface area contributed by atoms with Crippen LogP contribution in [0.1, 0.15) is 51.4 Å². The second-order valence-electron chi connectivity index (χ2n) is 6.99. The van der Waals surface area contributed by atoms with Crippen LogP contribution in [0.15, 0.2) is 0 Å². The first kappa shape index (κ1) is 15.7. The fourth-order valence-electron chi connectivity index (χ4n) is 4.06. The van der Waals surface area contributed by atoms with Crippen LogP contribution < -0.4 is 5.32 Å². The molecule has 0 atom stereocenters. The van der Waals surface area contributed by atoms with Crippen molar-refractivity contribution >= 4 is 0 Å². The van der Waals surface area contributed by atoms with Gasteiger partial charge in [-0.1, -0.05) is 0 Å². The van der Waals surface area contributed by atoms with Gasteiger partial charge in [-0.3, -0.25) is 0 Å². The Morgan fingerprint density at radius 2 is 1.71 bits per heavy atom. The van der Waals surface area contributed by atoms with Crippen LogP contribution in [-0.4, -0.2) is 56.6 Å². The van der Waals surface area contributed by atoms with Crippen LogP contribution in [0.3, 0.4) is 0 Å². The largest absolute Gasteiger partial charge is 0.348 e. The third kappa shape index (κ3) is 4.65. The topological polar surface area (TPSA) is 33.7 Å². The van der Waals surface area contributed by atoms with Crippen molar-refractivity contribution in [2.24, 2.45) is 5.92 Å². The van der Waals surface area contributed by atoms with Crippen LogP contribution in [0.25, 0.3) is 0 Å². The molecule has 122 valence electrons. The Bertz CT molecular complexity index is 289. The van der Waals surface area contributed by atoms with E-state index in [-0.39, 0.29) is 5.79 Å². The van der Waals surface area contributed by atoms with E-state index in [9.17, 15) is 0 Å². The molecule has 21 heavy (non-hydrogen) atoms. The molecule has 4 nitrogen and oxygen atoms in total. The highest BCUT2D eigenvalue weighted by atomic mass is 16.7. The van der Waals surface area contributed by atoms with Crippen molar-refractivity contribution in [3.63, 3.8) is 0 Å². The summed E-state index contributed by atoms with van der Waals surface area (Å²) in [5.74, 6) is 0.689. The summed E-state index contributed by atoms with van der Waals surface area (Å²) in [5, 5.41) is 3.63. The van der Waals surface area contributed by atoms with Gasteiger partial charge in [-0.25, -0.2) is 0 Å². The Kier molecular flexibility index (Phi) is 5.92. The van der Waals surface area contributed by atoms with Gasteiger partial charge >= 0.3 is 0 Å². The lowest BCUT2D eigenvalue weighted by atomic mass is 9.83. The van der Waals surface area contributed by atoms with E-state index in [0.29, 0.717) is 0 Å². The first-order chi connectivity index (χ1) is 10.4. The van der Waals surface area contributed by atoms with Gasteiger partial charge in [0.1, 0.15) is 0 Å². The van der Waals surface area contributed by atoms with Crippen LogP contribution in [-0.2, 0) is 9.47 Å². The molecule has 3 rings (SSSR count). The van der Waals surface area contributed by atoms with Crippen molar-refractivity contribution in [2.75, 3.05) is 45.9 Å². The minimum Gasteiger partial charge on any atom is -0.348 e. The first-order valence-electron chi connectivity index (χ1n) is 9.07. The molecule has 2 aliphatic heterocycles. The van der Waals surface area contributed by atoms with Gasteiger partial charge < -0.3 is 19.7 Å². The van der Waals surface area contributed by atoms with Gasteiger partial charge in [0, 0.05) is 12.8 Å². The summed E-state index contributed by atoms with van der Waals surface area (Å²) >= 11 is 0. The van der Waals surface area contributed by atoms with Gasteiger partial charge in [0.15, 0.2) is 5.79 Å². The summed E-state index contributed by atoms with van der Waals surface area (Å²) in [6.45, 7) is 7.89. The fraction of sp³-hybridized carbons (Fsp3) is 1.00. The maximum Gasteiger partial charge on any atom is 0.168 e. The van der Waals surface area contributed by atoms with E-state index < -0.39 is 0 Å². The summed E-state index contributed by atoms with van der Waals surface area (Å²) in [5.41, 5.74) is 0. The van der Waals surface area contributed by atoms with E-state index in [4.69, 9.17) is 9.47 Å². The van der Waals surface area contributed by atoms with E-state index >= 15 is 0 Å². The smallest absolute Gasteiger partial charge is 0.168 e. The first-order valence-corrected chi connectivity index (χ1v) is 9.07. The Balaban J connectivity index is 1.19. The predicted molar refractivity (Wildman–Crippen MR) is 84.4 cm³/mol. The molecule has 0 unspecified atom stereocenters. The average molecular weight is 296 g/mol. The van der Waals surface area contributed by atoms with Crippen molar-refractivity contribution < 1.29 is 9.47 Å². The third-order valence-electron chi connectivity index (χ3n) is 5.44. The molecule has 0 aromatic rings. The average Bonchev–Trinajstić information content (AvgIpc) is 3.17. The highest BCUT2D eigenvalue weighted by molar-refractivity contribution is 4.82. The lowest BCUT2D eigenvalue weighted by Gasteiger charge is -2.35. The minimum atomic E-state index is -0.181. The second kappa shape index (κ2) is 7.91. The summed E-state index contributed by atoms with van der Waals surface area (Å²) in [6.07, 6.45) is 10.2. The molecule has 0 amide bonds. The monoisotopic (exact) mass is 296 g/mol. The number of rotatable bonds is 7. The molecule has 3 aliphatic rings. The van der Waals surface area contributed by atoms with Gasteiger partial charge in [0.05, 0.1) is 13.2 Å². The standard InChI is InChI=1S/C17H32N2O2/c1-2-12-19(11-1)13-3-9-18-10-6-16-4-7-17(8-5-16)20-14-15-21-17/h16,18H,1-15H2. The molecule has 0 radical (unpaired) electrons. The maximum atomic E-state index is 5.79. The Hall–Kier alpha value is -0.160. The predicted octanol–water partition coefficient (Wildman–Crippen LogP) is 2.39. The van der Waals surface area contributed by atoms with Crippen LogP contribution in [0, 0.1) is 5.92 Å². The second-order valence-corrected chi connectivity index (χ2v) is 6.99. The fourth-order valence-corrected chi connectivity index (χ4v) is 4.06. The highest BCUT2D eigenvalue weighted by Gasteiger charge is 2.39. The molecular weight excluding hydrogens is 264 g/mol. The lowest BCUT2D eigenvalue weighted by Crippen LogP contribution is -2.35. The summed E-state index contributed by atoms with van der Waals surface area (Å²) < 4.78 is 11.6. The maximum absolute atomic E-state index is 5.79. The molecule has 2 saturated heterocycles. The Morgan fingerprint density at radius 3 is 2.43 bits per heavy atom. The Labute approximate surface area is 129 Å². The molecule has 0 bridgehead atoms. The van der Waals surface area contributed by atoms with Crippen molar-refractivity contribution in [1.82, 2.24) is 10.2 Å². The van der Waals surface area contributed by atoms with Crippen molar-refractivity contribution in [1.29, 1.82) is 0 Å². The van der Waals surface area contributed by atoms with Crippen molar-refractivity contribution in [2.45, 2.75) is 57.2 Å². The molecule has 4 heteroatoms. The zero-order valence-corrected chi connectivity index (χ0v) is 13.4. The molecular formula is C17H32N2O2. The van der Waals surface area contributed by atoms with Crippen LogP contribution >= 0.6 is 0 Å². The number of nitrogens with zero attached hydrogens (tertiary/aromatic N) is 1.